The maximum Gasteiger partial charge on any atom is 0.325 e. The Morgan fingerprint density at radius 1 is 1.30 bits per heavy atom. The van der Waals surface area contributed by atoms with Gasteiger partial charge in [0.1, 0.15) is 6.54 Å². The highest BCUT2D eigenvalue weighted by molar-refractivity contribution is 5.96. The zero-order valence-corrected chi connectivity index (χ0v) is 11.1. The van der Waals surface area contributed by atoms with Crippen LogP contribution in [-0.2, 0) is 4.79 Å². The van der Waals surface area contributed by atoms with E-state index < -0.39 is 18.6 Å². The summed E-state index contributed by atoms with van der Waals surface area (Å²) in [5.41, 5.74) is 0.542. The Kier molecular flexibility index (Phi) is 4.57. The molecule has 6 nitrogen and oxygen atoms in total. The highest BCUT2D eigenvalue weighted by atomic mass is 16.4. The van der Waals surface area contributed by atoms with Crippen LogP contribution in [0.15, 0.2) is 30.3 Å². The molecule has 2 N–H and O–H groups in total. The summed E-state index contributed by atoms with van der Waals surface area (Å²) < 4.78 is 0. The van der Waals surface area contributed by atoms with Gasteiger partial charge >= 0.3 is 12.0 Å². The molecule has 6 heteroatoms. The van der Waals surface area contributed by atoms with Crippen molar-refractivity contribution >= 4 is 17.7 Å². The lowest BCUT2D eigenvalue weighted by atomic mass is 10.1. The number of hydrogen-bond donors (Lipinski definition) is 2. The van der Waals surface area contributed by atoms with Gasteiger partial charge in [-0.05, 0) is 25.0 Å². The van der Waals surface area contributed by atoms with E-state index in [-0.39, 0.29) is 12.6 Å². The molecule has 1 aromatic carbocycles. The Hall–Kier alpha value is -2.08. The fourth-order valence-corrected chi connectivity index (χ4v) is 2.31. The molecule has 1 aliphatic heterocycles. The molecule has 1 atom stereocenters. The van der Waals surface area contributed by atoms with Crippen LogP contribution >= 0.6 is 0 Å². The van der Waals surface area contributed by atoms with Crippen molar-refractivity contribution < 1.29 is 19.8 Å². The third-order valence-electron chi connectivity index (χ3n) is 3.26. The number of piperidine rings is 1. The van der Waals surface area contributed by atoms with E-state index in [1.807, 2.05) is 0 Å². The van der Waals surface area contributed by atoms with Gasteiger partial charge in [0.25, 0.3) is 0 Å². The molecule has 0 radical (unpaired) electrons. The number of likely N-dealkylation sites (tertiary alicyclic amines) is 1. The number of urea groups is 1. The first-order valence-electron chi connectivity index (χ1n) is 6.59. The first-order chi connectivity index (χ1) is 9.58. The number of benzene rings is 1. The smallest absolute Gasteiger partial charge is 0.325 e. The number of rotatable bonds is 3. The Morgan fingerprint density at radius 3 is 2.60 bits per heavy atom. The Morgan fingerprint density at radius 2 is 2.00 bits per heavy atom. The Labute approximate surface area is 117 Å². The molecule has 0 bridgehead atoms. The standard InChI is InChI=1S/C14H18N2O4/c17-12-7-4-8-15(9-12)14(20)16(10-13(18)19)11-5-2-1-3-6-11/h1-3,5-6,12,17H,4,7-10H2,(H,18,19). The summed E-state index contributed by atoms with van der Waals surface area (Å²) in [4.78, 5) is 26.2. The summed E-state index contributed by atoms with van der Waals surface area (Å²) in [7, 11) is 0. The first kappa shape index (κ1) is 14.3. The van der Waals surface area contributed by atoms with Gasteiger partial charge in [0.2, 0.25) is 0 Å². The molecule has 0 spiro atoms. The lowest BCUT2D eigenvalue weighted by molar-refractivity contribution is -0.135. The number of anilines is 1. The van der Waals surface area contributed by atoms with Crippen LogP contribution in [0.1, 0.15) is 12.8 Å². The molecule has 2 rings (SSSR count). The quantitative estimate of drug-likeness (QED) is 0.869. The van der Waals surface area contributed by atoms with E-state index >= 15 is 0 Å². The molecule has 20 heavy (non-hydrogen) atoms. The molecule has 1 heterocycles. The third-order valence-corrected chi connectivity index (χ3v) is 3.26. The lowest BCUT2D eigenvalue weighted by Crippen LogP contribution is -2.50. The number of amides is 2. The van der Waals surface area contributed by atoms with E-state index in [2.05, 4.69) is 0 Å². The van der Waals surface area contributed by atoms with E-state index in [1.165, 1.54) is 9.80 Å². The lowest BCUT2D eigenvalue weighted by Gasteiger charge is -2.34. The number of carboxylic acid groups (broad SMARTS) is 1. The van der Waals surface area contributed by atoms with Crippen molar-refractivity contribution in [3.05, 3.63) is 30.3 Å². The van der Waals surface area contributed by atoms with Crippen LogP contribution in [0.4, 0.5) is 10.5 Å². The van der Waals surface area contributed by atoms with Crippen LogP contribution in [0, 0.1) is 0 Å². The Balaban J connectivity index is 2.18. The highest BCUT2D eigenvalue weighted by Crippen LogP contribution is 2.18. The van der Waals surface area contributed by atoms with Crippen LogP contribution in [0.2, 0.25) is 0 Å². The van der Waals surface area contributed by atoms with Gasteiger partial charge in [0.15, 0.2) is 0 Å². The number of aliphatic carboxylic acids is 1. The predicted molar refractivity (Wildman–Crippen MR) is 73.6 cm³/mol. The number of hydrogen-bond acceptors (Lipinski definition) is 3. The van der Waals surface area contributed by atoms with Crippen molar-refractivity contribution in [3.63, 3.8) is 0 Å². The van der Waals surface area contributed by atoms with Gasteiger partial charge in [-0.2, -0.15) is 0 Å². The fourth-order valence-electron chi connectivity index (χ4n) is 2.31. The van der Waals surface area contributed by atoms with Crippen LogP contribution in [0.25, 0.3) is 0 Å². The van der Waals surface area contributed by atoms with Gasteiger partial charge in [-0.15, -0.1) is 0 Å². The average Bonchev–Trinajstić information content (AvgIpc) is 2.45. The number of aliphatic hydroxyl groups is 1. The summed E-state index contributed by atoms with van der Waals surface area (Å²) in [5.74, 6) is -1.07. The number of carbonyl (C=O) groups is 2. The van der Waals surface area contributed by atoms with Crippen LogP contribution in [0.5, 0.6) is 0 Å². The average molecular weight is 278 g/mol. The Bertz CT molecular complexity index is 477. The van der Waals surface area contributed by atoms with E-state index in [1.54, 1.807) is 30.3 Å². The van der Waals surface area contributed by atoms with E-state index in [4.69, 9.17) is 5.11 Å². The molecule has 0 aromatic heterocycles. The first-order valence-corrected chi connectivity index (χ1v) is 6.59. The largest absolute Gasteiger partial charge is 0.480 e. The molecule has 1 saturated heterocycles. The minimum absolute atomic E-state index is 0.252. The molecule has 2 amide bonds. The number of nitrogens with zero attached hydrogens (tertiary/aromatic N) is 2. The molecule has 1 aliphatic rings. The summed E-state index contributed by atoms with van der Waals surface area (Å²) in [6.07, 6.45) is 0.867. The summed E-state index contributed by atoms with van der Waals surface area (Å²) in [6.45, 7) is 0.399. The van der Waals surface area contributed by atoms with Gasteiger partial charge in [-0.3, -0.25) is 9.69 Å². The number of para-hydroxylation sites is 1. The van der Waals surface area contributed by atoms with Crippen LogP contribution < -0.4 is 4.90 Å². The molecular formula is C14H18N2O4. The second kappa shape index (κ2) is 6.38. The minimum Gasteiger partial charge on any atom is -0.480 e. The van der Waals surface area contributed by atoms with Crippen molar-refractivity contribution in [2.45, 2.75) is 18.9 Å². The molecule has 0 aliphatic carbocycles. The summed E-state index contributed by atoms with van der Waals surface area (Å²) >= 11 is 0. The molecule has 1 aromatic rings. The van der Waals surface area contributed by atoms with Gasteiger partial charge < -0.3 is 15.1 Å². The van der Waals surface area contributed by atoms with Gasteiger partial charge in [-0.1, -0.05) is 18.2 Å². The van der Waals surface area contributed by atoms with Crippen molar-refractivity contribution in [2.24, 2.45) is 0 Å². The van der Waals surface area contributed by atoms with Crippen LogP contribution in [-0.4, -0.2) is 52.9 Å². The molecular weight excluding hydrogens is 260 g/mol. The van der Waals surface area contributed by atoms with E-state index in [0.29, 0.717) is 18.7 Å². The number of aliphatic hydroxyl groups excluding tert-OH is 1. The third kappa shape index (κ3) is 3.48. The second-order valence-corrected chi connectivity index (χ2v) is 4.84. The maximum atomic E-state index is 12.5. The van der Waals surface area contributed by atoms with Crippen molar-refractivity contribution in [3.8, 4) is 0 Å². The topological polar surface area (TPSA) is 81.1 Å². The SMILES string of the molecule is O=C(O)CN(C(=O)N1CCCC(O)C1)c1ccccc1. The molecule has 0 saturated carbocycles. The van der Waals surface area contributed by atoms with Crippen LogP contribution in [0.3, 0.4) is 0 Å². The second-order valence-electron chi connectivity index (χ2n) is 4.84. The van der Waals surface area contributed by atoms with E-state index in [9.17, 15) is 14.7 Å². The van der Waals surface area contributed by atoms with Crippen molar-refractivity contribution in [1.82, 2.24) is 4.90 Å². The molecule has 1 fully saturated rings. The molecule has 108 valence electrons. The van der Waals surface area contributed by atoms with Crippen molar-refractivity contribution in [1.29, 1.82) is 0 Å². The fraction of sp³-hybridized carbons (Fsp3) is 0.429. The zero-order chi connectivity index (χ0) is 14.5. The number of carboxylic acids is 1. The van der Waals surface area contributed by atoms with E-state index in [0.717, 1.165) is 6.42 Å². The van der Waals surface area contributed by atoms with Gasteiger partial charge in [-0.25, -0.2) is 4.79 Å². The monoisotopic (exact) mass is 278 g/mol. The zero-order valence-electron chi connectivity index (χ0n) is 11.1. The van der Waals surface area contributed by atoms with Crippen molar-refractivity contribution in [2.75, 3.05) is 24.5 Å². The normalized spacial score (nSPS) is 18.6. The highest BCUT2D eigenvalue weighted by Gasteiger charge is 2.28. The van der Waals surface area contributed by atoms with Gasteiger partial charge in [0.05, 0.1) is 6.10 Å². The van der Waals surface area contributed by atoms with Gasteiger partial charge in [0, 0.05) is 18.8 Å². The minimum atomic E-state index is -1.07. The number of β-amino-alcohol motifs (C(OH)–C–C–N with tert-alkyl or cyclic N) is 1. The predicted octanol–water partition coefficient (Wildman–Crippen LogP) is 1.15. The maximum absolute atomic E-state index is 12.5. The summed E-state index contributed by atoms with van der Waals surface area (Å²) in [5, 5.41) is 18.6. The number of carbonyl (C=O) groups excluding carboxylic acids is 1. The summed E-state index contributed by atoms with van der Waals surface area (Å²) in [6, 6.07) is 8.32. The molecule has 1 unspecified atom stereocenters.